The van der Waals surface area contributed by atoms with Crippen molar-refractivity contribution < 1.29 is 9.18 Å². The van der Waals surface area contributed by atoms with Gasteiger partial charge >= 0.3 is 0 Å². The van der Waals surface area contributed by atoms with Crippen LogP contribution >= 0.6 is 11.6 Å². The second kappa shape index (κ2) is 5.54. The SMILES string of the molecule is O=C(NCc1ccc(F)cc1)c1cn2cc(Cl)ccc2n1. The predicted octanol–water partition coefficient (Wildman–Crippen LogP) is 3.06. The van der Waals surface area contributed by atoms with Gasteiger partial charge in [0.2, 0.25) is 0 Å². The van der Waals surface area contributed by atoms with Crippen LogP contribution < -0.4 is 5.32 Å². The molecule has 0 radical (unpaired) electrons. The molecule has 1 N–H and O–H groups in total. The Kier molecular flexibility index (Phi) is 3.58. The fraction of sp³-hybridized carbons (Fsp3) is 0.0667. The molecule has 4 nitrogen and oxygen atoms in total. The van der Waals surface area contributed by atoms with Gasteiger partial charge in [0.15, 0.2) is 0 Å². The van der Waals surface area contributed by atoms with Gasteiger partial charge in [-0.2, -0.15) is 0 Å². The molecule has 0 atom stereocenters. The van der Waals surface area contributed by atoms with E-state index in [1.165, 1.54) is 12.1 Å². The van der Waals surface area contributed by atoms with Crippen molar-refractivity contribution in [3.63, 3.8) is 0 Å². The highest BCUT2D eigenvalue weighted by Gasteiger charge is 2.10. The van der Waals surface area contributed by atoms with E-state index in [9.17, 15) is 9.18 Å². The van der Waals surface area contributed by atoms with E-state index in [2.05, 4.69) is 10.3 Å². The third-order valence-corrected chi connectivity index (χ3v) is 3.24. The van der Waals surface area contributed by atoms with Crippen LogP contribution in [0.15, 0.2) is 48.8 Å². The quantitative estimate of drug-likeness (QED) is 0.808. The highest BCUT2D eigenvalue weighted by atomic mass is 35.5. The number of pyridine rings is 1. The van der Waals surface area contributed by atoms with Crippen molar-refractivity contribution in [3.05, 3.63) is 70.9 Å². The van der Waals surface area contributed by atoms with Crippen LogP contribution in [-0.4, -0.2) is 15.3 Å². The number of carbonyl (C=O) groups is 1. The first-order valence-electron chi connectivity index (χ1n) is 6.29. The van der Waals surface area contributed by atoms with Crippen LogP contribution in [0.1, 0.15) is 16.1 Å². The Balaban J connectivity index is 1.73. The lowest BCUT2D eigenvalue weighted by Gasteiger charge is -2.03. The van der Waals surface area contributed by atoms with Gasteiger partial charge in [0.1, 0.15) is 17.2 Å². The first-order chi connectivity index (χ1) is 10.1. The average Bonchev–Trinajstić information content (AvgIpc) is 2.89. The van der Waals surface area contributed by atoms with Crippen LogP contribution in [0.5, 0.6) is 0 Å². The number of nitrogens with one attached hydrogen (secondary N) is 1. The van der Waals surface area contributed by atoms with E-state index in [4.69, 9.17) is 11.6 Å². The topological polar surface area (TPSA) is 46.4 Å². The van der Waals surface area contributed by atoms with Crippen molar-refractivity contribution in [1.82, 2.24) is 14.7 Å². The van der Waals surface area contributed by atoms with Gasteiger partial charge < -0.3 is 9.72 Å². The van der Waals surface area contributed by atoms with Crippen molar-refractivity contribution in [2.24, 2.45) is 0 Å². The van der Waals surface area contributed by atoms with E-state index >= 15 is 0 Å². The first kappa shape index (κ1) is 13.6. The van der Waals surface area contributed by atoms with E-state index in [0.29, 0.717) is 22.9 Å². The predicted molar refractivity (Wildman–Crippen MR) is 77.8 cm³/mol. The summed E-state index contributed by atoms with van der Waals surface area (Å²) < 4.78 is 14.5. The summed E-state index contributed by atoms with van der Waals surface area (Å²) in [6.45, 7) is 0.313. The van der Waals surface area contributed by atoms with Gasteiger partial charge in [-0.3, -0.25) is 4.79 Å². The van der Waals surface area contributed by atoms with Crippen LogP contribution in [0.4, 0.5) is 4.39 Å². The highest BCUT2D eigenvalue weighted by molar-refractivity contribution is 6.30. The molecule has 1 aromatic carbocycles. The van der Waals surface area contributed by atoms with Crippen LogP contribution in [0.2, 0.25) is 5.02 Å². The maximum absolute atomic E-state index is 12.8. The molecular weight excluding hydrogens is 293 g/mol. The van der Waals surface area contributed by atoms with E-state index in [1.807, 2.05) is 0 Å². The van der Waals surface area contributed by atoms with Crippen LogP contribution in [0.25, 0.3) is 5.65 Å². The molecular formula is C15H11ClFN3O. The van der Waals surface area contributed by atoms with E-state index in [-0.39, 0.29) is 11.7 Å². The minimum absolute atomic E-state index is 0.292. The third-order valence-electron chi connectivity index (χ3n) is 3.01. The zero-order valence-corrected chi connectivity index (χ0v) is 11.6. The summed E-state index contributed by atoms with van der Waals surface area (Å²) in [4.78, 5) is 16.3. The molecule has 0 aliphatic heterocycles. The lowest BCUT2D eigenvalue weighted by Crippen LogP contribution is -2.23. The van der Waals surface area contributed by atoms with Gasteiger partial charge in [0.25, 0.3) is 5.91 Å². The Bertz CT molecular complexity index is 798. The average molecular weight is 304 g/mol. The molecule has 2 heterocycles. The number of amides is 1. The number of nitrogens with zero attached hydrogens (tertiary/aromatic N) is 2. The number of imidazole rings is 1. The Labute approximate surface area is 125 Å². The number of hydrogen-bond acceptors (Lipinski definition) is 2. The normalized spacial score (nSPS) is 10.8. The molecule has 3 aromatic rings. The van der Waals surface area contributed by atoms with Gasteiger partial charge in [-0.25, -0.2) is 9.37 Å². The first-order valence-corrected chi connectivity index (χ1v) is 6.66. The van der Waals surface area contributed by atoms with Crippen molar-refractivity contribution in [1.29, 1.82) is 0 Å². The maximum atomic E-state index is 12.8. The molecule has 1 amide bonds. The van der Waals surface area contributed by atoms with E-state index in [1.54, 1.807) is 41.1 Å². The van der Waals surface area contributed by atoms with Gasteiger partial charge in [0, 0.05) is 18.9 Å². The second-order valence-electron chi connectivity index (χ2n) is 4.55. The number of fused-ring (bicyclic) bond motifs is 1. The summed E-state index contributed by atoms with van der Waals surface area (Å²) in [6.07, 6.45) is 3.29. The van der Waals surface area contributed by atoms with Crippen LogP contribution in [0, 0.1) is 5.82 Å². The molecule has 21 heavy (non-hydrogen) atoms. The molecule has 6 heteroatoms. The van der Waals surface area contributed by atoms with Crippen LogP contribution in [0.3, 0.4) is 0 Å². The number of carbonyl (C=O) groups excluding carboxylic acids is 1. The number of halogens is 2. The summed E-state index contributed by atoms with van der Waals surface area (Å²) >= 11 is 5.88. The number of aromatic nitrogens is 2. The van der Waals surface area contributed by atoms with Gasteiger partial charge in [-0.05, 0) is 29.8 Å². The Morgan fingerprint density at radius 2 is 1.95 bits per heavy atom. The minimum atomic E-state index is -0.303. The van der Waals surface area contributed by atoms with Gasteiger partial charge in [0.05, 0.1) is 5.02 Å². The molecule has 0 bridgehead atoms. The number of rotatable bonds is 3. The fourth-order valence-electron chi connectivity index (χ4n) is 1.95. The van der Waals surface area contributed by atoms with Gasteiger partial charge in [-0.1, -0.05) is 23.7 Å². The van der Waals surface area contributed by atoms with Crippen molar-refractivity contribution in [3.8, 4) is 0 Å². The molecule has 0 fully saturated rings. The highest BCUT2D eigenvalue weighted by Crippen LogP contribution is 2.12. The fourth-order valence-corrected chi connectivity index (χ4v) is 2.12. The minimum Gasteiger partial charge on any atom is -0.347 e. The van der Waals surface area contributed by atoms with Crippen molar-refractivity contribution in [2.45, 2.75) is 6.54 Å². The molecule has 106 valence electrons. The molecule has 3 rings (SSSR count). The smallest absolute Gasteiger partial charge is 0.271 e. The standard InChI is InChI=1S/C15H11ClFN3O/c16-11-3-6-14-19-13(9-20(14)8-11)15(21)18-7-10-1-4-12(17)5-2-10/h1-6,8-9H,7H2,(H,18,21). The molecule has 0 saturated heterocycles. The Morgan fingerprint density at radius 3 is 2.71 bits per heavy atom. The lowest BCUT2D eigenvalue weighted by molar-refractivity contribution is 0.0946. The molecule has 2 aromatic heterocycles. The van der Waals surface area contributed by atoms with Crippen LogP contribution in [-0.2, 0) is 6.54 Å². The number of benzene rings is 1. The molecule has 0 unspecified atom stereocenters. The summed E-state index contributed by atoms with van der Waals surface area (Å²) in [5.74, 6) is -0.596. The zero-order valence-electron chi connectivity index (χ0n) is 10.9. The molecule has 0 spiro atoms. The van der Waals surface area contributed by atoms with E-state index in [0.717, 1.165) is 5.56 Å². The lowest BCUT2D eigenvalue weighted by atomic mass is 10.2. The van der Waals surface area contributed by atoms with Gasteiger partial charge in [-0.15, -0.1) is 0 Å². The third kappa shape index (κ3) is 3.03. The Morgan fingerprint density at radius 1 is 1.19 bits per heavy atom. The largest absolute Gasteiger partial charge is 0.347 e. The summed E-state index contributed by atoms with van der Waals surface area (Å²) in [5, 5.41) is 3.31. The summed E-state index contributed by atoms with van der Waals surface area (Å²) in [5.41, 5.74) is 1.77. The summed E-state index contributed by atoms with van der Waals surface area (Å²) in [7, 11) is 0. The summed E-state index contributed by atoms with van der Waals surface area (Å²) in [6, 6.07) is 9.41. The van der Waals surface area contributed by atoms with E-state index < -0.39 is 0 Å². The maximum Gasteiger partial charge on any atom is 0.271 e. The van der Waals surface area contributed by atoms with Crippen molar-refractivity contribution >= 4 is 23.2 Å². The molecule has 0 aliphatic rings. The Hall–Kier alpha value is -2.40. The van der Waals surface area contributed by atoms with Crippen molar-refractivity contribution in [2.75, 3.05) is 0 Å². The molecule has 0 aliphatic carbocycles. The zero-order chi connectivity index (χ0) is 14.8. The monoisotopic (exact) mass is 303 g/mol. The second-order valence-corrected chi connectivity index (χ2v) is 4.98. The number of hydrogen-bond donors (Lipinski definition) is 1. The molecule has 0 saturated carbocycles.